The molecule has 0 fully saturated rings. The molecule has 0 saturated carbocycles. The molecule has 3 N–H and O–H groups in total. The van der Waals surface area contributed by atoms with E-state index in [9.17, 15) is 4.79 Å². The highest BCUT2D eigenvalue weighted by Gasteiger charge is 2.08. The zero-order chi connectivity index (χ0) is 14.7. The third-order valence-electron chi connectivity index (χ3n) is 3.04. The lowest BCUT2D eigenvalue weighted by atomic mass is 10.1. The van der Waals surface area contributed by atoms with Crippen LogP contribution in [0.15, 0.2) is 60.1 Å². The Balaban J connectivity index is 0.00000176. The zero-order valence-corrected chi connectivity index (χ0v) is 13.2. The van der Waals surface area contributed by atoms with E-state index in [1.807, 2.05) is 29.6 Å². The molecule has 3 rings (SSSR count). The average molecular weight is 332 g/mol. The number of hydrogen-bond donors (Lipinski definition) is 2. The fraction of sp³-hybridized carbons (Fsp3) is 0. The summed E-state index contributed by atoms with van der Waals surface area (Å²) in [6, 6.07) is 14.5. The molecule has 0 unspecified atom stereocenters. The van der Waals surface area contributed by atoms with Crippen molar-refractivity contribution in [2.75, 3.05) is 11.1 Å². The summed E-state index contributed by atoms with van der Waals surface area (Å²) in [4.78, 5) is 16.4. The Bertz CT molecular complexity index is 757. The van der Waals surface area contributed by atoms with Gasteiger partial charge in [-0.25, -0.2) is 4.98 Å². The minimum Gasteiger partial charge on any atom is -0.397 e. The number of amides is 1. The van der Waals surface area contributed by atoms with E-state index in [4.69, 9.17) is 5.73 Å². The Hall–Kier alpha value is -2.37. The lowest BCUT2D eigenvalue weighted by molar-refractivity contribution is 0.102. The summed E-state index contributed by atoms with van der Waals surface area (Å²) in [6.07, 6.45) is 1.76. The first-order valence-electron chi connectivity index (χ1n) is 6.40. The van der Waals surface area contributed by atoms with Gasteiger partial charge in [-0.2, -0.15) is 0 Å². The second-order valence-corrected chi connectivity index (χ2v) is 5.35. The molecule has 0 aliphatic rings. The number of thiazole rings is 1. The predicted molar refractivity (Wildman–Crippen MR) is 93.6 cm³/mol. The van der Waals surface area contributed by atoms with Crippen LogP contribution in [0.25, 0.3) is 10.6 Å². The number of benzene rings is 2. The highest BCUT2D eigenvalue weighted by Crippen LogP contribution is 2.23. The predicted octanol–water partition coefficient (Wildman–Crippen LogP) is 4.07. The number of nitrogens with two attached hydrogens (primary N) is 1. The maximum Gasteiger partial charge on any atom is 0.255 e. The lowest BCUT2D eigenvalue weighted by Gasteiger charge is -2.08. The molecule has 0 aliphatic heterocycles. The van der Waals surface area contributed by atoms with Crippen LogP contribution in [0.2, 0.25) is 0 Å². The first kappa shape index (κ1) is 16.0. The summed E-state index contributed by atoms with van der Waals surface area (Å²) in [5.74, 6) is -0.182. The standard InChI is InChI=1S/C16H13N3OS.ClH/c17-13-3-1-2-4-14(13)19-15(20)11-5-7-12(8-6-11)16-18-9-10-21-16;/h1-10H,17H2,(H,19,20);1H. The van der Waals surface area contributed by atoms with Crippen LogP contribution in [0, 0.1) is 0 Å². The van der Waals surface area contributed by atoms with Crippen LogP contribution in [0.4, 0.5) is 11.4 Å². The van der Waals surface area contributed by atoms with Crippen LogP contribution in [0.1, 0.15) is 10.4 Å². The molecular weight excluding hydrogens is 318 g/mol. The summed E-state index contributed by atoms with van der Waals surface area (Å²) in [7, 11) is 0. The van der Waals surface area contributed by atoms with E-state index >= 15 is 0 Å². The van der Waals surface area contributed by atoms with E-state index in [-0.39, 0.29) is 18.3 Å². The number of nitrogens with zero attached hydrogens (tertiary/aromatic N) is 1. The normalized spacial score (nSPS) is 9.82. The molecule has 0 bridgehead atoms. The second kappa shape index (κ2) is 7.06. The van der Waals surface area contributed by atoms with Gasteiger partial charge in [0.05, 0.1) is 11.4 Å². The maximum atomic E-state index is 12.2. The van der Waals surface area contributed by atoms with Crippen molar-refractivity contribution < 1.29 is 4.79 Å². The first-order chi connectivity index (χ1) is 10.2. The van der Waals surface area contributed by atoms with Gasteiger partial charge in [-0.1, -0.05) is 24.3 Å². The quantitative estimate of drug-likeness (QED) is 0.711. The highest BCUT2D eigenvalue weighted by atomic mass is 35.5. The van der Waals surface area contributed by atoms with Crippen LogP contribution in [0.5, 0.6) is 0 Å². The van der Waals surface area contributed by atoms with Crippen LogP contribution < -0.4 is 11.1 Å². The number of carbonyl (C=O) groups excluding carboxylic acids is 1. The van der Waals surface area contributed by atoms with Crippen molar-refractivity contribution in [3.63, 3.8) is 0 Å². The SMILES string of the molecule is Cl.Nc1ccccc1NC(=O)c1ccc(-c2nccs2)cc1. The largest absolute Gasteiger partial charge is 0.397 e. The molecule has 0 saturated heterocycles. The van der Waals surface area contributed by atoms with Crippen molar-refractivity contribution in [1.29, 1.82) is 0 Å². The maximum absolute atomic E-state index is 12.2. The molecule has 0 radical (unpaired) electrons. The number of nitrogens with one attached hydrogen (secondary N) is 1. The molecule has 0 aliphatic carbocycles. The van der Waals surface area contributed by atoms with Crippen LogP contribution >= 0.6 is 23.7 Å². The van der Waals surface area contributed by atoms with Gasteiger partial charge in [0.1, 0.15) is 5.01 Å². The smallest absolute Gasteiger partial charge is 0.255 e. The van der Waals surface area contributed by atoms with Crippen molar-refractivity contribution >= 4 is 41.0 Å². The van der Waals surface area contributed by atoms with E-state index in [0.717, 1.165) is 10.6 Å². The molecule has 6 heteroatoms. The Kier molecular flexibility index (Phi) is 5.14. The molecule has 0 atom stereocenters. The number of para-hydroxylation sites is 2. The van der Waals surface area contributed by atoms with Crippen molar-refractivity contribution in [3.8, 4) is 10.6 Å². The third kappa shape index (κ3) is 3.44. The molecule has 1 aromatic heterocycles. The van der Waals surface area contributed by atoms with Gasteiger partial charge in [0.15, 0.2) is 0 Å². The summed E-state index contributed by atoms with van der Waals surface area (Å²) in [5.41, 5.74) is 8.56. The van der Waals surface area contributed by atoms with E-state index in [0.29, 0.717) is 16.9 Å². The molecule has 0 spiro atoms. The van der Waals surface area contributed by atoms with E-state index in [2.05, 4.69) is 10.3 Å². The Morgan fingerprint density at radius 1 is 1.09 bits per heavy atom. The van der Waals surface area contributed by atoms with E-state index < -0.39 is 0 Å². The minimum absolute atomic E-state index is 0. The molecule has 4 nitrogen and oxygen atoms in total. The van der Waals surface area contributed by atoms with Crippen molar-refractivity contribution in [1.82, 2.24) is 4.98 Å². The Morgan fingerprint density at radius 2 is 1.82 bits per heavy atom. The van der Waals surface area contributed by atoms with Gasteiger partial charge in [-0.3, -0.25) is 4.79 Å². The monoisotopic (exact) mass is 331 g/mol. The van der Waals surface area contributed by atoms with Crippen LogP contribution in [-0.4, -0.2) is 10.9 Å². The van der Waals surface area contributed by atoms with Gasteiger partial charge < -0.3 is 11.1 Å². The number of aromatic nitrogens is 1. The van der Waals surface area contributed by atoms with Crippen molar-refractivity contribution in [2.24, 2.45) is 0 Å². The number of rotatable bonds is 3. The topological polar surface area (TPSA) is 68.0 Å². The lowest BCUT2D eigenvalue weighted by Crippen LogP contribution is -2.12. The summed E-state index contributed by atoms with van der Waals surface area (Å²) >= 11 is 1.57. The van der Waals surface area contributed by atoms with Crippen molar-refractivity contribution in [2.45, 2.75) is 0 Å². The number of halogens is 1. The second-order valence-electron chi connectivity index (χ2n) is 4.46. The van der Waals surface area contributed by atoms with Gasteiger partial charge in [-0.05, 0) is 24.3 Å². The van der Waals surface area contributed by atoms with Crippen molar-refractivity contribution in [3.05, 3.63) is 65.7 Å². The molecule has 112 valence electrons. The molecule has 22 heavy (non-hydrogen) atoms. The number of hydrogen-bond acceptors (Lipinski definition) is 4. The highest BCUT2D eigenvalue weighted by molar-refractivity contribution is 7.13. The van der Waals surface area contributed by atoms with Gasteiger partial charge in [-0.15, -0.1) is 23.7 Å². The van der Waals surface area contributed by atoms with Gasteiger partial charge in [0, 0.05) is 22.7 Å². The van der Waals surface area contributed by atoms with Gasteiger partial charge >= 0.3 is 0 Å². The summed E-state index contributed by atoms with van der Waals surface area (Å²) < 4.78 is 0. The average Bonchev–Trinajstić information content (AvgIpc) is 3.04. The number of carbonyl (C=O) groups is 1. The van der Waals surface area contributed by atoms with Gasteiger partial charge in [0.2, 0.25) is 0 Å². The Morgan fingerprint density at radius 3 is 2.45 bits per heavy atom. The summed E-state index contributed by atoms with van der Waals surface area (Å²) in [5, 5.41) is 5.67. The number of anilines is 2. The zero-order valence-electron chi connectivity index (χ0n) is 11.5. The fourth-order valence-electron chi connectivity index (χ4n) is 1.94. The third-order valence-corrected chi connectivity index (χ3v) is 3.86. The molecule has 1 amide bonds. The first-order valence-corrected chi connectivity index (χ1v) is 7.28. The fourth-order valence-corrected chi connectivity index (χ4v) is 2.58. The number of nitrogen functional groups attached to an aromatic ring is 1. The molecule has 3 aromatic rings. The van der Waals surface area contributed by atoms with Gasteiger partial charge in [0.25, 0.3) is 5.91 Å². The van der Waals surface area contributed by atoms with Crippen LogP contribution in [0.3, 0.4) is 0 Å². The summed E-state index contributed by atoms with van der Waals surface area (Å²) in [6.45, 7) is 0. The molecular formula is C16H14ClN3OS. The Labute approximate surface area is 138 Å². The van der Waals surface area contributed by atoms with E-state index in [1.54, 1.807) is 41.8 Å². The molecule has 1 heterocycles. The van der Waals surface area contributed by atoms with Crippen LogP contribution in [-0.2, 0) is 0 Å². The minimum atomic E-state index is -0.182. The molecule has 2 aromatic carbocycles. The van der Waals surface area contributed by atoms with E-state index in [1.165, 1.54) is 0 Å².